The Morgan fingerprint density at radius 1 is 1.14 bits per heavy atom. The molecular formula is C15H28O7. The molecule has 0 spiro atoms. The third-order valence-electron chi connectivity index (χ3n) is 3.69. The van der Waals surface area contributed by atoms with Crippen LogP contribution in [0, 0.1) is 0 Å². The molecule has 0 aromatic rings. The lowest BCUT2D eigenvalue weighted by Gasteiger charge is -2.39. The number of aliphatic hydroxyl groups excluding tert-OH is 3. The molecule has 0 aromatic heterocycles. The molecule has 22 heavy (non-hydrogen) atoms. The van der Waals surface area contributed by atoms with Crippen molar-refractivity contribution in [2.24, 2.45) is 0 Å². The van der Waals surface area contributed by atoms with Crippen LogP contribution in [-0.4, -0.2) is 65.7 Å². The van der Waals surface area contributed by atoms with Crippen molar-refractivity contribution >= 4 is 5.97 Å². The molecule has 1 unspecified atom stereocenters. The zero-order valence-electron chi connectivity index (χ0n) is 14.0. The Morgan fingerprint density at radius 3 is 2.55 bits per heavy atom. The number of hydrogen-bond acceptors (Lipinski definition) is 7. The van der Waals surface area contributed by atoms with Crippen LogP contribution in [0.4, 0.5) is 0 Å². The van der Waals surface area contributed by atoms with Crippen molar-refractivity contribution in [1.29, 1.82) is 0 Å². The van der Waals surface area contributed by atoms with Crippen LogP contribution in [0.15, 0.2) is 0 Å². The predicted molar refractivity (Wildman–Crippen MR) is 78.0 cm³/mol. The summed E-state index contributed by atoms with van der Waals surface area (Å²) in [5.74, 6) is -0.393. The Bertz CT molecular complexity index is 340. The molecule has 130 valence electrons. The van der Waals surface area contributed by atoms with Crippen molar-refractivity contribution in [2.45, 2.75) is 76.1 Å². The monoisotopic (exact) mass is 321 g/mol. The average molecular weight is 321 g/mol. The van der Waals surface area contributed by atoms with Crippen LogP contribution >= 0.6 is 0 Å². The Morgan fingerprint density at radius 2 is 1.86 bits per heavy atom. The third-order valence-corrected chi connectivity index (χ3v) is 3.69. The van der Waals surface area contributed by atoms with E-state index in [1.165, 1.54) is 7.11 Å². The first-order chi connectivity index (χ1) is 11.0. The zero-order chi connectivity index (χ0) is 17.2. The van der Waals surface area contributed by atoms with E-state index in [2.05, 4.69) is 0 Å². The minimum atomic E-state index is -1.42. The molecule has 1 aliphatic rings. The molecule has 7 nitrogen and oxygen atoms in total. The summed E-state index contributed by atoms with van der Waals surface area (Å²) < 4.78 is 22.2. The van der Waals surface area contributed by atoms with Crippen LogP contribution in [0.1, 0.15) is 46.8 Å². The molecule has 0 bridgehead atoms. The maximum Gasteiger partial charge on any atom is 0.305 e. The number of hydrogen-bond donors (Lipinski definition) is 3. The van der Waals surface area contributed by atoms with Gasteiger partial charge in [-0.1, -0.05) is 32.6 Å². The van der Waals surface area contributed by atoms with Gasteiger partial charge in [0.2, 0.25) is 0 Å². The molecule has 0 aromatic carbocycles. The van der Waals surface area contributed by atoms with Crippen molar-refractivity contribution < 1.29 is 35.7 Å². The first-order valence-corrected chi connectivity index (χ1v) is 7.68. The number of unbranched alkanes of at least 4 members (excludes halogenated alkanes) is 4. The van der Waals surface area contributed by atoms with E-state index in [0.717, 1.165) is 25.7 Å². The summed E-state index contributed by atoms with van der Waals surface area (Å²) in [5, 5.41) is 29.2. The molecule has 1 aliphatic heterocycles. The molecule has 5 atom stereocenters. The molecule has 1 rings (SSSR count). The molecule has 1 fully saturated rings. The van der Waals surface area contributed by atoms with E-state index in [4.69, 9.17) is 15.6 Å². The summed E-state index contributed by atoms with van der Waals surface area (Å²) >= 11 is 0. The highest BCUT2D eigenvalue weighted by Gasteiger charge is 2.44. The normalized spacial score (nSPS) is 32.5. The molecule has 0 saturated carbocycles. The van der Waals surface area contributed by atoms with Crippen LogP contribution in [0.5, 0.6) is 0 Å². The second-order valence-corrected chi connectivity index (χ2v) is 5.45. The van der Waals surface area contributed by atoms with Gasteiger partial charge >= 0.3 is 5.97 Å². The van der Waals surface area contributed by atoms with Crippen molar-refractivity contribution in [3.05, 3.63) is 0 Å². The Hall–Kier alpha value is -0.730. The summed E-state index contributed by atoms with van der Waals surface area (Å²) in [5.41, 5.74) is 0. The van der Waals surface area contributed by atoms with Gasteiger partial charge in [0, 0.05) is 14.9 Å². The number of esters is 1. The largest absolute Gasteiger partial charge is 0.463 e. The molecule has 1 saturated heterocycles. The van der Waals surface area contributed by atoms with Gasteiger partial charge in [-0.2, -0.15) is 0 Å². The van der Waals surface area contributed by atoms with Crippen molar-refractivity contribution in [1.82, 2.24) is 0 Å². The van der Waals surface area contributed by atoms with E-state index < -0.39 is 36.7 Å². The molecule has 0 aliphatic carbocycles. The molecule has 7 heteroatoms. The number of methoxy groups -OCH3 is 1. The van der Waals surface area contributed by atoms with E-state index in [1.54, 1.807) is 0 Å². The molecule has 3 N–H and O–H groups in total. The number of rotatable bonds is 9. The number of aliphatic hydroxyl groups is 3. The average Bonchev–Trinajstić information content (AvgIpc) is 2.55. The summed E-state index contributed by atoms with van der Waals surface area (Å²) in [6.07, 6.45) is -1.36. The van der Waals surface area contributed by atoms with Crippen molar-refractivity contribution in [3.63, 3.8) is 0 Å². The van der Waals surface area contributed by atoms with Gasteiger partial charge in [0.1, 0.15) is 31.0 Å². The lowest BCUT2D eigenvalue weighted by atomic mass is 9.99. The standard InChI is InChI=1S/C15H28O7/c1-3-4-5-6-7-8-11(16)21-9-10-12(17)13(18)14(19)15(20-2)22-10/h10,12-15,17-19H,3-9H2,1-2H3/t10-,12-,13+,14-,15?/m1/s1/i1D. The van der Waals surface area contributed by atoms with Crippen LogP contribution in [0.3, 0.4) is 0 Å². The minimum Gasteiger partial charge on any atom is -0.463 e. The zero-order valence-corrected chi connectivity index (χ0v) is 13.0. The molecule has 0 amide bonds. The number of carbonyl (C=O) groups excluding carboxylic acids is 1. The summed E-state index contributed by atoms with van der Waals surface area (Å²) in [6.45, 7) is 0.233. The summed E-state index contributed by atoms with van der Waals surface area (Å²) in [7, 11) is 1.31. The fraction of sp³-hybridized carbons (Fsp3) is 0.933. The van der Waals surface area contributed by atoms with Crippen LogP contribution in [0.2, 0.25) is 0 Å². The fourth-order valence-electron chi connectivity index (χ4n) is 2.30. The SMILES string of the molecule is [2H]CCCCCCCC(=O)OC[C@H]1OC(OC)[C@H](O)[C@@H](O)[C@@H]1O. The van der Waals surface area contributed by atoms with Gasteiger partial charge in [0.15, 0.2) is 6.29 Å². The lowest BCUT2D eigenvalue weighted by Crippen LogP contribution is -2.59. The second kappa shape index (κ2) is 10.1. The van der Waals surface area contributed by atoms with E-state index in [-0.39, 0.29) is 13.0 Å². The van der Waals surface area contributed by atoms with Gasteiger partial charge in [0.25, 0.3) is 0 Å². The van der Waals surface area contributed by atoms with Gasteiger partial charge in [-0.15, -0.1) is 0 Å². The Balaban J connectivity index is 2.24. The smallest absolute Gasteiger partial charge is 0.305 e. The van der Waals surface area contributed by atoms with Gasteiger partial charge < -0.3 is 29.5 Å². The maximum absolute atomic E-state index is 11.6. The fourth-order valence-corrected chi connectivity index (χ4v) is 2.30. The van der Waals surface area contributed by atoms with Crippen molar-refractivity contribution in [2.75, 3.05) is 13.7 Å². The van der Waals surface area contributed by atoms with E-state index >= 15 is 0 Å². The van der Waals surface area contributed by atoms with Crippen LogP contribution < -0.4 is 0 Å². The second-order valence-electron chi connectivity index (χ2n) is 5.45. The Labute approximate surface area is 132 Å². The lowest BCUT2D eigenvalue weighted by molar-refractivity contribution is -0.295. The molecular weight excluding hydrogens is 292 g/mol. The summed E-state index contributed by atoms with van der Waals surface area (Å²) in [6, 6.07) is 0. The van der Waals surface area contributed by atoms with E-state index in [1.807, 2.05) is 0 Å². The first-order valence-electron chi connectivity index (χ1n) is 8.39. The third kappa shape index (κ3) is 5.81. The van der Waals surface area contributed by atoms with Crippen molar-refractivity contribution in [3.8, 4) is 0 Å². The van der Waals surface area contributed by atoms with E-state index in [9.17, 15) is 20.1 Å². The minimum absolute atomic E-state index is 0.206. The predicted octanol–water partition coefficient (Wildman–Crippen LogP) is 0.344. The van der Waals surface area contributed by atoms with Gasteiger partial charge in [0.05, 0.1) is 0 Å². The molecule has 1 heterocycles. The number of carbonyl (C=O) groups is 1. The topological polar surface area (TPSA) is 105 Å². The highest BCUT2D eigenvalue weighted by Crippen LogP contribution is 2.22. The van der Waals surface area contributed by atoms with Gasteiger partial charge in [-0.3, -0.25) is 4.79 Å². The molecule has 0 radical (unpaired) electrons. The number of ether oxygens (including phenoxy) is 3. The first kappa shape index (κ1) is 17.6. The quantitative estimate of drug-likeness (QED) is 0.415. The van der Waals surface area contributed by atoms with E-state index in [0.29, 0.717) is 13.3 Å². The highest BCUT2D eigenvalue weighted by atomic mass is 16.7. The maximum atomic E-state index is 11.6. The summed E-state index contributed by atoms with van der Waals surface area (Å²) in [4.78, 5) is 11.6. The highest BCUT2D eigenvalue weighted by molar-refractivity contribution is 5.69. The van der Waals surface area contributed by atoms with Crippen LogP contribution in [0.25, 0.3) is 0 Å². The van der Waals surface area contributed by atoms with Gasteiger partial charge in [-0.05, 0) is 6.42 Å². The Kier molecular flexibility index (Phi) is 8.11. The van der Waals surface area contributed by atoms with Crippen LogP contribution in [-0.2, 0) is 19.0 Å². The van der Waals surface area contributed by atoms with Gasteiger partial charge in [-0.25, -0.2) is 0 Å².